The topological polar surface area (TPSA) is 46.3 Å². The number of hydrogen-bond acceptors (Lipinski definition) is 4. The number of aliphatic imine (C=N–C) groups is 1. The van der Waals surface area contributed by atoms with Crippen LogP contribution in [0.15, 0.2) is 41.2 Å². The highest BCUT2D eigenvalue weighted by Gasteiger charge is 2.28. The van der Waals surface area contributed by atoms with E-state index in [2.05, 4.69) is 29.2 Å². The Hall–Kier alpha value is -2.64. The highest BCUT2D eigenvalue weighted by Crippen LogP contribution is 2.30. The first kappa shape index (κ1) is 18.2. The lowest BCUT2D eigenvalue weighted by atomic mass is 10.1. The van der Waals surface area contributed by atoms with Crippen LogP contribution < -0.4 is 0 Å². The molecular weight excluding hydrogens is 343 g/mol. The smallest absolute Gasteiger partial charge is 0.273 e. The summed E-state index contributed by atoms with van der Waals surface area (Å²) in [5, 5.41) is 8.05. The number of hydrogen-bond donors (Lipinski definition) is 0. The summed E-state index contributed by atoms with van der Waals surface area (Å²) in [5.41, 5.74) is 1.45. The fraction of sp³-hybridized carbons (Fsp3) is 0.389. The minimum absolute atomic E-state index is 0.330. The van der Waals surface area contributed by atoms with Crippen molar-refractivity contribution in [2.75, 3.05) is 6.67 Å². The molecule has 0 spiro atoms. The molecule has 0 fully saturated rings. The van der Waals surface area contributed by atoms with Gasteiger partial charge in [-0.1, -0.05) is 19.1 Å². The molecule has 3 rings (SSSR count). The molecule has 26 heavy (non-hydrogen) atoms. The number of allylic oxidation sites excluding steroid dienone is 1. The third-order valence-corrected chi connectivity index (χ3v) is 4.10. The van der Waals surface area contributed by atoms with Gasteiger partial charge in [0.1, 0.15) is 18.2 Å². The fourth-order valence-electron chi connectivity index (χ4n) is 2.63. The Morgan fingerprint density at radius 1 is 1.27 bits per heavy atom. The van der Waals surface area contributed by atoms with Crippen LogP contribution in [0.3, 0.4) is 0 Å². The van der Waals surface area contributed by atoms with Gasteiger partial charge in [-0.15, -0.1) is 5.10 Å². The molecule has 8 heteroatoms. The van der Waals surface area contributed by atoms with Gasteiger partial charge in [-0.05, 0) is 29.7 Å². The summed E-state index contributed by atoms with van der Waals surface area (Å²) in [6, 6.07) is 3.50. The van der Waals surface area contributed by atoms with E-state index in [1.54, 1.807) is 6.20 Å². The van der Waals surface area contributed by atoms with Gasteiger partial charge in [-0.2, -0.15) is 0 Å². The SMILES string of the molecule is CC(C)C1=CN(Cc2cn(-c3ccc(F)c(C(C)(F)F)c3)nn2)CN=C1. The molecule has 0 radical (unpaired) electrons. The zero-order valence-electron chi connectivity index (χ0n) is 14.8. The first-order chi connectivity index (χ1) is 12.2. The molecule has 1 aromatic heterocycles. The Bertz CT molecular complexity index is 849. The van der Waals surface area contributed by atoms with Crippen LogP contribution in [-0.2, 0) is 12.5 Å². The predicted molar refractivity (Wildman–Crippen MR) is 92.7 cm³/mol. The Kier molecular flexibility index (Phi) is 4.84. The van der Waals surface area contributed by atoms with Crippen LogP contribution in [0.1, 0.15) is 32.0 Å². The minimum atomic E-state index is -3.27. The molecular formula is C18H20F3N5. The highest BCUT2D eigenvalue weighted by molar-refractivity contribution is 5.79. The summed E-state index contributed by atoms with van der Waals surface area (Å²) in [6.07, 6.45) is 5.54. The molecule has 0 saturated heterocycles. The lowest BCUT2D eigenvalue weighted by Gasteiger charge is -2.22. The Morgan fingerprint density at radius 3 is 2.73 bits per heavy atom. The second-order valence-electron chi connectivity index (χ2n) is 6.69. The van der Waals surface area contributed by atoms with Gasteiger partial charge >= 0.3 is 0 Å². The lowest BCUT2D eigenvalue weighted by Crippen LogP contribution is -2.22. The van der Waals surface area contributed by atoms with Crippen molar-refractivity contribution in [3.05, 3.63) is 53.2 Å². The molecule has 0 unspecified atom stereocenters. The summed E-state index contributed by atoms with van der Waals surface area (Å²) < 4.78 is 42.0. The minimum Gasteiger partial charge on any atom is -0.352 e. The van der Waals surface area contributed by atoms with E-state index in [9.17, 15) is 13.2 Å². The van der Waals surface area contributed by atoms with Gasteiger partial charge < -0.3 is 4.90 Å². The zero-order valence-corrected chi connectivity index (χ0v) is 14.8. The molecule has 1 aromatic carbocycles. The molecule has 1 aliphatic heterocycles. The summed E-state index contributed by atoms with van der Waals surface area (Å²) in [4.78, 5) is 6.32. The predicted octanol–water partition coefficient (Wildman–Crippen LogP) is 3.90. The van der Waals surface area contributed by atoms with E-state index in [-0.39, 0.29) is 0 Å². The molecule has 0 atom stereocenters. The molecule has 0 N–H and O–H groups in total. The summed E-state index contributed by atoms with van der Waals surface area (Å²) in [7, 11) is 0. The molecule has 2 aromatic rings. The summed E-state index contributed by atoms with van der Waals surface area (Å²) in [5.74, 6) is -3.85. The Balaban J connectivity index is 1.80. The van der Waals surface area contributed by atoms with E-state index in [4.69, 9.17) is 0 Å². The standard InChI is InChI=1S/C18H20F3N5/c1-12(2)13-7-22-11-25(8-13)9-14-10-26(24-23-14)15-4-5-17(19)16(6-15)18(3,20)21/h4-8,10,12H,9,11H2,1-3H3. The van der Waals surface area contributed by atoms with Crippen LogP contribution in [0.25, 0.3) is 5.69 Å². The van der Waals surface area contributed by atoms with Crippen molar-refractivity contribution in [3.8, 4) is 5.69 Å². The molecule has 2 heterocycles. The third kappa shape index (κ3) is 3.95. The van der Waals surface area contributed by atoms with E-state index in [0.717, 1.165) is 17.7 Å². The normalized spacial score (nSPS) is 14.9. The molecule has 5 nitrogen and oxygen atoms in total. The van der Waals surface area contributed by atoms with E-state index in [1.165, 1.54) is 10.7 Å². The van der Waals surface area contributed by atoms with Crippen LogP contribution in [0.4, 0.5) is 13.2 Å². The largest absolute Gasteiger partial charge is 0.352 e. The number of benzene rings is 1. The first-order valence-electron chi connectivity index (χ1n) is 8.29. The first-order valence-corrected chi connectivity index (χ1v) is 8.29. The van der Waals surface area contributed by atoms with Gasteiger partial charge in [0.2, 0.25) is 0 Å². The van der Waals surface area contributed by atoms with Crippen molar-refractivity contribution >= 4 is 6.21 Å². The maximum absolute atomic E-state index is 13.6. The van der Waals surface area contributed by atoms with E-state index in [1.807, 2.05) is 17.3 Å². The lowest BCUT2D eigenvalue weighted by molar-refractivity contribution is 0.0137. The maximum Gasteiger partial charge on any atom is 0.273 e. The molecule has 0 amide bonds. The Labute approximate surface area is 149 Å². The maximum atomic E-state index is 13.6. The van der Waals surface area contributed by atoms with E-state index >= 15 is 0 Å². The molecule has 138 valence electrons. The number of halogens is 3. The average molecular weight is 363 g/mol. The number of alkyl halides is 2. The van der Waals surface area contributed by atoms with Crippen molar-refractivity contribution in [2.45, 2.75) is 33.2 Å². The van der Waals surface area contributed by atoms with Gasteiger partial charge in [-0.3, -0.25) is 4.99 Å². The van der Waals surface area contributed by atoms with Gasteiger partial charge in [0.15, 0.2) is 0 Å². The van der Waals surface area contributed by atoms with Crippen LogP contribution in [0.5, 0.6) is 0 Å². The second kappa shape index (κ2) is 6.93. The monoisotopic (exact) mass is 363 g/mol. The van der Waals surface area contributed by atoms with E-state index in [0.29, 0.717) is 37.4 Å². The van der Waals surface area contributed by atoms with Crippen LogP contribution >= 0.6 is 0 Å². The summed E-state index contributed by atoms with van der Waals surface area (Å²) >= 11 is 0. The van der Waals surface area contributed by atoms with Gasteiger partial charge in [-0.25, -0.2) is 17.9 Å². The van der Waals surface area contributed by atoms with Crippen molar-refractivity contribution in [1.82, 2.24) is 19.9 Å². The summed E-state index contributed by atoms with van der Waals surface area (Å²) in [6.45, 7) is 5.86. The molecule has 0 saturated carbocycles. The fourth-order valence-corrected chi connectivity index (χ4v) is 2.63. The van der Waals surface area contributed by atoms with E-state index < -0.39 is 17.3 Å². The van der Waals surface area contributed by atoms with Crippen LogP contribution in [0, 0.1) is 11.7 Å². The molecule has 0 bridgehead atoms. The number of rotatable bonds is 5. The number of aromatic nitrogens is 3. The van der Waals surface area contributed by atoms with Gasteiger partial charge in [0.05, 0.1) is 24.0 Å². The van der Waals surface area contributed by atoms with Crippen molar-refractivity contribution in [2.24, 2.45) is 10.9 Å². The Morgan fingerprint density at radius 2 is 2.04 bits per heavy atom. The third-order valence-electron chi connectivity index (χ3n) is 4.10. The molecule has 0 aliphatic carbocycles. The van der Waals surface area contributed by atoms with Gasteiger partial charge in [0.25, 0.3) is 5.92 Å². The van der Waals surface area contributed by atoms with Crippen molar-refractivity contribution in [3.63, 3.8) is 0 Å². The average Bonchev–Trinajstić information content (AvgIpc) is 3.03. The molecule has 1 aliphatic rings. The van der Waals surface area contributed by atoms with Crippen molar-refractivity contribution < 1.29 is 13.2 Å². The number of nitrogens with zero attached hydrogens (tertiary/aromatic N) is 5. The quantitative estimate of drug-likeness (QED) is 0.809. The highest BCUT2D eigenvalue weighted by atomic mass is 19.3. The zero-order chi connectivity index (χ0) is 18.9. The van der Waals surface area contributed by atoms with Crippen LogP contribution in [-0.4, -0.2) is 32.8 Å². The second-order valence-corrected chi connectivity index (χ2v) is 6.69. The van der Waals surface area contributed by atoms with Crippen LogP contribution in [0.2, 0.25) is 0 Å². The van der Waals surface area contributed by atoms with Crippen molar-refractivity contribution in [1.29, 1.82) is 0 Å². The van der Waals surface area contributed by atoms with Gasteiger partial charge in [0, 0.05) is 19.3 Å².